The first kappa shape index (κ1) is 22.3. The Bertz CT molecular complexity index is 1500. The molecule has 6 rings (SSSR count). The van der Waals surface area contributed by atoms with Gasteiger partial charge in [0.25, 0.3) is 0 Å². The standard InChI is InChI=1S/C26H26FN7O2/c1-15(16-8-17(10-19(27)9-16)23-4-7-31-33-23)36-25-24-21(12-30-26(25)28)22(14-35-24)18-11-32-34(13-18)20-2-5-29-6-3-20/h4,7-15,20,29H,2-3,5-6H2,1H3,(H2,28,30)(H,31,33). The van der Waals surface area contributed by atoms with Crippen LogP contribution in [-0.2, 0) is 0 Å². The number of nitrogen functional groups attached to an aromatic ring is 1. The third-order valence-electron chi connectivity index (χ3n) is 6.69. The highest BCUT2D eigenvalue weighted by Gasteiger charge is 2.22. The van der Waals surface area contributed by atoms with Crippen molar-refractivity contribution in [1.29, 1.82) is 0 Å². The van der Waals surface area contributed by atoms with E-state index in [2.05, 4.69) is 25.6 Å². The molecule has 4 N–H and O–H groups in total. The van der Waals surface area contributed by atoms with Crippen LogP contribution in [0.5, 0.6) is 5.75 Å². The Kier molecular flexibility index (Phi) is 5.65. The number of nitrogens with two attached hydrogens (primary N) is 1. The maximum atomic E-state index is 14.4. The largest absolute Gasteiger partial charge is 0.479 e. The molecule has 10 heteroatoms. The monoisotopic (exact) mass is 487 g/mol. The Morgan fingerprint density at radius 1 is 1.19 bits per heavy atom. The summed E-state index contributed by atoms with van der Waals surface area (Å²) < 4.78 is 28.6. The van der Waals surface area contributed by atoms with E-state index in [1.165, 1.54) is 12.1 Å². The summed E-state index contributed by atoms with van der Waals surface area (Å²) in [5.74, 6) is 0.151. The van der Waals surface area contributed by atoms with Crippen LogP contribution in [0, 0.1) is 5.82 Å². The van der Waals surface area contributed by atoms with Crippen molar-refractivity contribution in [3.8, 4) is 28.1 Å². The second-order valence-corrected chi connectivity index (χ2v) is 9.06. The lowest BCUT2D eigenvalue weighted by molar-refractivity contribution is 0.227. The first-order chi connectivity index (χ1) is 17.6. The molecular formula is C26H26FN7O2. The number of hydrogen-bond acceptors (Lipinski definition) is 7. The number of rotatable bonds is 6. The number of nitrogens with one attached hydrogen (secondary N) is 2. The summed E-state index contributed by atoms with van der Waals surface area (Å²) in [5, 5.41) is 15.6. The number of halogens is 1. The molecule has 0 saturated carbocycles. The van der Waals surface area contributed by atoms with Crippen molar-refractivity contribution in [2.45, 2.75) is 31.9 Å². The fourth-order valence-electron chi connectivity index (χ4n) is 4.73. The van der Waals surface area contributed by atoms with Crippen molar-refractivity contribution < 1.29 is 13.5 Å². The normalized spacial score (nSPS) is 15.4. The highest BCUT2D eigenvalue weighted by molar-refractivity contribution is 5.97. The number of H-pyrrole nitrogens is 1. The van der Waals surface area contributed by atoms with Gasteiger partial charge in [-0.05, 0) is 62.7 Å². The van der Waals surface area contributed by atoms with Crippen molar-refractivity contribution in [3.05, 3.63) is 66.7 Å². The Hall–Kier alpha value is -4.18. The van der Waals surface area contributed by atoms with Crippen molar-refractivity contribution in [1.82, 2.24) is 30.3 Å². The van der Waals surface area contributed by atoms with Gasteiger partial charge < -0.3 is 20.2 Å². The Morgan fingerprint density at radius 3 is 2.86 bits per heavy atom. The zero-order valence-electron chi connectivity index (χ0n) is 19.7. The minimum atomic E-state index is -0.520. The van der Waals surface area contributed by atoms with Crippen molar-refractivity contribution >= 4 is 16.8 Å². The van der Waals surface area contributed by atoms with Gasteiger partial charge in [-0.2, -0.15) is 10.2 Å². The highest BCUT2D eigenvalue weighted by Crippen LogP contribution is 2.40. The fourth-order valence-corrected chi connectivity index (χ4v) is 4.73. The van der Waals surface area contributed by atoms with E-state index >= 15 is 0 Å². The average Bonchev–Trinajstić information content (AvgIpc) is 3.66. The van der Waals surface area contributed by atoms with Crippen LogP contribution in [0.15, 0.2) is 59.7 Å². The quantitative estimate of drug-likeness (QED) is 0.313. The maximum Gasteiger partial charge on any atom is 0.205 e. The van der Waals surface area contributed by atoms with Crippen molar-refractivity contribution in [3.63, 3.8) is 0 Å². The second-order valence-electron chi connectivity index (χ2n) is 9.06. The fraction of sp³-hybridized carbons (Fsp3) is 0.269. The average molecular weight is 488 g/mol. The number of aromatic amines is 1. The molecule has 1 fully saturated rings. The summed E-state index contributed by atoms with van der Waals surface area (Å²) in [6.45, 7) is 3.81. The Labute approximate surface area is 206 Å². The van der Waals surface area contributed by atoms with E-state index in [0.29, 0.717) is 34.2 Å². The molecule has 0 radical (unpaired) electrons. The summed E-state index contributed by atoms with van der Waals surface area (Å²) in [6.07, 6.45) is 10.4. The third kappa shape index (κ3) is 4.09. The maximum absolute atomic E-state index is 14.4. The smallest absolute Gasteiger partial charge is 0.205 e. The SMILES string of the molecule is CC(Oc1c(N)ncc2c(-c3cnn(C4CCNCC4)c3)coc12)c1cc(F)cc(-c2ccn[nH]2)c1. The zero-order chi connectivity index (χ0) is 24.6. The van der Waals surface area contributed by atoms with Gasteiger partial charge >= 0.3 is 0 Å². The molecule has 36 heavy (non-hydrogen) atoms. The molecule has 1 aromatic carbocycles. The molecule has 0 amide bonds. The number of ether oxygens (including phenoxy) is 1. The molecule has 5 aromatic rings. The molecule has 1 aliphatic heterocycles. The molecule has 1 unspecified atom stereocenters. The predicted octanol–water partition coefficient (Wildman–Crippen LogP) is 4.87. The molecular weight excluding hydrogens is 461 g/mol. The van der Waals surface area contributed by atoms with Gasteiger partial charge in [-0.15, -0.1) is 0 Å². The summed E-state index contributed by atoms with van der Waals surface area (Å²) >= 11 is 0. The van der Waals surface area contributed by atoms with E-state index in [0.717, 1.165) is 42.4 Å². The number of nitrogens with zero attached hydrogens (tertiary/aromatic N) is 4. The summed E-state index contributed by atoms with van der Waals surface area (Å²) in [4.78, 5) is 4.35. The lowest BCUT2D eigenvalue weighted by Crippen LogP contribution is -2.29. The first-order valence-corrected chi connectivity index (χ1v) is 11.9. The van der Waals surface area contributed by atoms with Gasteiger partial charge in [0.05, 0.1) is 23.3 Å². The van der Waals surface area contributed by atoms with Gasteiger partial charge in [0.2, 0.25) is 5.75 Å². The number of furan rings is 1. The van der Waals surface area contributed by atoms with E-state index in [9.17, 15) is 4.39 Å². The number of hydrogen-bond donors (Lipinski definition) is 3. The molecule has 1 aliphatic rings. The lowest BCUT2D eigenvalue weighted by atomic mass is 10.0. The van der Waals surface area contributed by atoms with Gasteiger partial charge in [-0.25, -0.2) is 9.37 Å². The summed E-state index contributed by atoms with van der Waals surface area (Å²) in [7, 11) is 0. The van der Waals surface area contributed by atoms with E-state index in [-0.39, 0.29) is 11.6 Å². The van der Waals surface area contributed by atoms with Crippen LogP contribution in [-0.4, -0.2) is 38.1 Å². The lowest BCUT2D eigenvalue weighted by Gasteiger charge is -2.22. The predicted molar refractivity (Wildman–Crippen MR) is 134 cm³/mol. The Balaban J connectivity index is 1.31. The number of piperidine rings is 1. The molecule has 0 bridgehead atoms. The molecule has 184 valence electrons. The van der Waals surface area contributed by atoms with Gasteiger partial charge in [0.15, 0.2) is 11.4 Å². The van der Waals surface area contributed by atoms with Gasteiger partial charge in [0, 0.05) is 35.3 Å². The number of pyridine rings is 1. The molecule has 1 saturated heterocycles. The van der Waals surface area contributed by atoms with Crippen LogP contribution >= 0.6 is 0 Å². The van der Waals surface area contributed by atoms with Crippen molar-refractivity contribution in [2.24, 2.45) is 0 Å². The number of fused-ring (bicyclic) bond motifs is 1. The summed E-state index contributed by atoms with van der Waals surface area (Å²) in [6, 6.07) is 6.91. The highest BCUT2D eigenvalue weighted by atomic mass is 19.1. The molecule has 5 heterocycles. The molecule has 4 aromatic heterocycles. The van der Waals surface area contributed by atoms with Gasteiger partial charge in [-0.3, -0.25) is 9.78 Å². The third-order valence-corrected chi connectivity index (χ3v) is 6.69. The van der Waals surface area contributed by atoms with Crippen LogP contribution < -0.4 is 15.8 Å². The van der Waals surface area contributed by atoms with E-state index in [4.69, 9.17) is 14.9 Å². The molecule has 0 aliphatic carbocycles. The molecule has 9 nitrogen and oxygen atoms in total. The number of anilines is 1. The zero-order valence-corrected chi connectivity index (χ0v) is 19.7. The topological polar surface area (TPSA) is 120 Å². The first-order valence-electron chi connectivity index (χ1n) is 11.9. The molecule has 1 atom stereocenters. The van der Waals surface area contributed by atoms with Crippen LogP contribution in [0.1, 0.15) is 37.5 Å². The second kappa shape index (κ2) is 9.12. The van der Waals surface area contributed by atoms with Gasteiger partial charge in [0.1, 0.15) is 18.2 Å². The number of aromatic nitrogens is 5. The van der Waals surface area contributed by atoms with E-state index in [1.807, 2.05) is 30.1 Å². The van der Waals surface area contributed by atoms with E-state index < -0.39 is 6.10 Å². The van der Waals surface area contributed by atoms with Crippen LogP contribution in [0.25, 0.3) is 33.4 Å². The van der Waals surface area contributed by atoms with Gasteiger partial charge in [-0.1, -0.05) is 0 Å². The van der Waals surface area contributed by atoms with Crippen LogP contribution in [0.2, 0.25) is 0 Å². The minimum Gasteiger partial charge on any atom is -0.479 e. The minimum absolute atomic E-state index is 0.200. The van der Waals surface area contributed by atoms with E-state index in [1.54, 1.807) is 24.7 Å². The van der Waals surface area contributed by atoms with Crippen molar-refractivity contribution in [2.75, 3.05) is 18.8 Å². The molecule has 0 spiro atoms. The Morgan fingerprint density at radius 2 is 2.06 bits per heavy atom. The van der Waals surface area contributed by atoms with Crippen LogP contribution in [0.3, 0.4) is 0 Å². The number of benzene rings is 1. The van der Waals surface area contributed by atoms with Crippen LogP contribution in [0.4, 0.5) is 10.2 Å². The summed E-state index contributed by atoms with van der Waals surface area (Å²) in [5.41, 5.74) is 10.5.